The molecular formula is C7H22N3O5Si+. The Labute approximate surface area is 96.5 Å². The average molecular weight is 256 g/mol. The fourth-order valence-corrected chi connectivity index (χ4v) is 2.76. The molecule has 98 valence electrons. The van der Waals surface area contributed by atoms with E-state index in [0.717, 1.165) is 19.0 Å². The van der Waals surface area contributed by atoms with Crippen molar-refractivity contribution in [3.63, 3.8) is 0 Å². The Balaban J connectivity index is 0. The van der Waals surface area contributed by atoms with Gasteiger partial charge in [-0.05, 0) is 20.0 Å². The van der Waals surface area contributed by atoms with Crippen LogP contribution in [0.1, 0.15) is 6.42 Å². The maximum absolute atomic E-state index is 7.11. The summed E-state index contributed by atoms with van der Waals surface area (Å²) in [5, 5.41) is 16.5. The van der Waals surface area contributed by atoms with Crippen molar-refractivity contribution in [3.05, 3.63) is 0 Å². The Morgan fingerprint density at radius 1 is 1.19 bits per heavy atom. The van der Waals surface area contributed by atoms with Crippen LogP contribution in [-0.2, 0) is 13.3 Å². The summed E-state index contributed by atoms with van der Waals surface area (Å²) in [6, 6.07) is 0.858. The van der Waals surface area contributed by atoms with E-state index in [2.05, 4.69) is 5.32 Å². The zero-order valence-electron chi connectivity index (χ0n) is 10.2. The molecule has 0 aromatic rings. The second kappa shape index (κ2) is 10.8. The number of hydrogen-bond acceptors (Lipinski definition) is 5. The standard InChI is InChI=1S/C7H19NO3Si.H3N2O2/c1-8-6-5-7-12(9-2,10-3)11-4;1-2(3)4/h8H,5-7H2,1-4H3;(H3,1,3,4)/q;+1. The molecule has 9 heteroatoms. The molecular weight excluding hydrogens is 234 g/mol. The Morgan fingerprint density at radius 3 is 1.81 bits per heavy atom. The van der Waals surface area contributed by atoms with E-state index in [1.807, 2.05) is 7.05 Å². The molecule has 8 nitrogen and oxygen atoms in total. The quantitative estimate of drug-likeness (QED) is 0.226. The molecule has 4 N–H and O–H groups in total. The third kappa shape index (κ3) is 9.80. The first-order valence-corrected chi connectivity index (χ1v) is 6.60. The minimum Gasteiger partial charge on any atom is -0.377 e. The monoisotopic (exact) mass is 256 g/mol. The van der Waals surface area contributed by atoms with Gasteiger partial charge in [0, 0.05) is 32.9 Å². The lowest BCUT2D eigenvalue weighted by Gasteiger charge is -2.24. The zero-order chi connectivity index (χ0) is 13.0. The van der Waals surface area contributed by atoms with Gasteiger partial charge in [0.2, 0.25) is 0 Å². The lowest BCUT2D eigenvalue weighted by atomic mass is 10.5. The molecule has 0 radical (unpaired) electrons. The highest BCUT2D eigenvalue weighted by Crippen LogP contribution is 2.13. The SMILES string of the molecule is CNCCC[Si](OC)(OC)OC.N=[N+](O)O. The van der Waals surface area contributed by atoms with Gasteiger partial charge in [0.1, 0.15) is 0 Å². The van der Waals surface area contributed by atoms with Gasteiger partial charge in [-0.3, -0.25) is 0 Å². The van der Waals surface area contributed by atoms with E-state index in [4.69, 9.17) is 29.2 Å². The van der Waals surface area contributed by atoms with Crippen molar-refractivity contribution >= 4 is 8.80 Å². The molecule has 0 aliphatic rings. The summed E-state index contributed by atoms with van der Waals surface area (Å²) >= 11 is 0. The molecule has 16 heavy (non-hydrogen) atoms. The Morgan fingerprint density at radius 2 is 1.56 bits per heavy atom. The van der Waals surface area contributed by atoms with Gasteiger partial charge in [-0.15, -0.1) is 0 Å². The Bertz CT molecular complexity index is 167. The van der Waals surface area contributed by atoms with Gasteiger partial charge in [0.25, 0.3) is 0 Å². The summed E-state index contributed by atoms with van der Waals surface area (Å²) < 4.78 is 15.7. The van der Waals surface area contributed by atoms with E-state index in [1.165, 1.54) is 0 Å². The Kier molecular flexibility index (Phi) is 11.9. The molecule has 0 heterocycles. The molecule has 0 aliphatic heterocycles. The molecule has 0 atom stereocenters. The van der Waals surface area contributed by atoms with Crippen molar-refractivity contribution in [2.24, 2.45) is 0 Å². The minimum atomic E-state index is -2.29. The van der Waals surface area contributed by atoms with E-state index >= 15 is 0 Å². The minimum absolute atomic E-state index is 0.750. The molecule has 0 bridgehead atoms. The zero-order valence-corrected chi connectivity index (χ0v) is 11.2. The first kappa shape index (κ1) is 17.6. The molecule has 0 aliphatic carbocycles. The van der Waals surface area contributed by atoms with E-state index < -0.39 is 13.8 Å². The van der Waals surface area contributed by atoms with Gasteiger partial charge in [-0.25, -0.2) is 10.4 Å². The van der Waals surface area contributed by atoms with E-state index in [9.17, 15) is 0 Å². The van der Waals surface area contributed by atoms with Crippen molar-refractivity contribution in [1.29, 1.82) is 5.53 Å². The molecule has 0 saturated heterocycles. The van der Waals surface area contributed by atoms with Gasteiger partial charge in [0.05, 0.1) is 0 Å². The maximum atomic E-state index is 7.11. The topological polar surface area (TPSA) is 107 Å². The highest BCUT2D eigenvalue weighted by atomic mass is 28.4. The van der Waals surface area contributed by atoms with E-state index in [0.29, 0.717) is 0 Å². The van der Waals surface area contributed by atoms with Crippen LogP contribution in [0.5, 0.6) is 0 Å². The highest BCUT2D eigenvalue weighted by Gasteiger charge is 2.36. The summed E-state index contributed by atoms with van der Waals surface area (Å²) in [4.78, 5) is 0. The molecule has 0 aromatic heterocycles. The predicted molar refractivity (Wildman–Crippen MR) is 56.7 cm³/mol. The molecule has 0 rings (SSSR count). The van der Waals surface area contributed by atoms with Crippen LogP contribution >= 0.6 is 0 Å². The molecule has 0 saturated carbocycles. The van der Waals surface area contributed by atoms with E-state index in [-0.39, 0.29) is 0 Å². The van der Waals surface area contributed by atoms with Gasteiger partial charge in [-0.2, -0.15) is 0 Å². The smallest absolute Gasteiger partial charge is 0.377 e. The number of nitrogens with one attached hydrogen (secondary N) is 2. The van der Waals surface area contributed by atoms with Crippen LogP contribution in [0, 0.1) is 5.53 Å². The van der Waals surface area contributed by atoms with E-state index in [1.54, 1.807) is 21.3 Å². The fourth-order valence-electron chi connectivity index (χ4n) is 1.04. The Hall–Kier alpha value is -0.743. The number of hydrogen-bond donors (Lipinski definition) is 4. The molecule has 0 aromatic carbocycles. The third-order valence-corrected chi connectivity index (χ3v) is 4.67. The lowest BCUT2D eigenvalue weighted by Crippen LogP contribution is -2.43. The van der Waals surface area contributed by atoms with Crippen LogP contribution in [0.25, 0.3) is 0 Å². The second-order valence-electron chi connectivity index (χ2n) is 2.79. The summed E-state index contributed by atoms with van der Waals surface area (Å²) in [5.41, 5.74) is 5.53. The largest absolute Gasteiger partial charge is 0.500 e. The van der Waals surface area contributed by atoms with Crippen LogP contribution in [0.4, 0.5) is 0 Å². The van der Waals surface area contributed by atoms with Crippen molar-refractivity contribution in [3.8, 4) is 0 Å². The van der Waals surface area contributed by atoms with Gasteiger partial charge < -0.3 is 18.6 Å². The summed E-state index contributed by atoms with van der Waals surface area (Å²) in [5.74, 6) is 0. The third-order valence-electron chi connectivity index (χ3n) is 1.84. The maximum Gasteiger partial charge on any atom is 0.500 e. The van der Waals surface area contributed by atoms with Gasteiger partial charge in [0.15, 0.2) is 0 Å². The van der Waals surface area contributed by atoms with Crippen LogP contribution in [0.2, 0.25) is 6.04 Å². The van der Waals surface area contributed by atoms with Crippen LogP contribution in [0.3, 0.4) is 0 Å². The molecule has 0 amide bonds. The molecule has 0 unspecified atom stereocenters. The summed E-state index contributed by atoms with van der Waals surface area (Å²) in [6.45, 7) is 0.963. The van der Waals surface area contributed by atoms with Crippen LogP contribution in [0.15, 0.2) is 0 Å². The van der Waals surface area contributed by atoms with Gasteiger partial charge >= 0.3 is 13.8 Å². The van der Waals surface area contributed by atoms with Gasteiger partial charge in [-0.1, -0.05) is 0 Å². The highest BCUT2D eigenvalue weighted by molar-refractivity contribution is 6.60. The van der Waals surface area contributed by atoms with Crippen LogP contribution in [-0.4, -0.2) is 59.2 Å². The fraction of sp³-hybridized carbons (Fsp3) is 1.00. The normalized spacial score (nSPS) is 10.5. The van der Waals surface area contributed by atoms with Crippen molar-refractivity contribution < 1.29 is 28.7 Å². The van der Waals surface area contributed by atoms with Crippen molar-refractivity contribution in [2.75, 3.05) is 34.9 Å². The predicted octanol–water partition coefficient (Wildman–Crippen LogP) is 0.282. The lowest BCUT2D eigenvalue weighted by molar-refractivity contribution is -1.01. The van der Waals surface area contributed by atoms with Crippen molar-refractivity contribution in [2.45, 2.75) is 12.5 Å². The summed E-state index contributed by atoms with van der Waals surface area (Å²) in [6.07, 6.45) is 1.01. The molecule has 0 spiro atoms. The number of nitrogens with zero attached hydrogens (tertiary/aromatic N) is 1. The summed E-state index contributed by atoms with van der Waals surface area (Å²) in [7, 11) is 4.54. The van der Waals surface area contributed by atoms with Crippen molar-refractivity contribution in [1.82, 2.24) is 5.32 Å². The average Bonchev–Trinajstić information content (AvgIpc) is 2.25. The number of rotatable bonds is 7. The first-order chi connectivity index (χ1) is 7.47. The first-order valence-electron chi connectivity index (χ1n) is 4.67. The molecule has 0 fully saturated rings. The second-order valence-corrected chi connectivity index (χ2v) is 5.88. The van der Waals surface area contributed by atoms with Crippen LogP contribution < -0.4 is 5.32 Å².